The molecule has 2 saturated heterocycles. The molecule has 28 heavy (non-hydrogen) atoms. The van der Waals surface area contributed by atoms with Crippen molar-refractivity contribution in [1.29, 1.82) is 0 Å². The highest BCUT2D eigenvalue weighted by Crippen LogP contribution is 2.34. The Labute approximate surface area is 167 Å². The average molecular weight is 376 g/mol. The van der Waals surface area contributed by atoms with E-state index in [0.717, 1.165) is 52.1 Å². The van der Waals surface area contributed by atoms with E-state index in [1.165, 1.54) is 11.1 Å². The lowest BCUT2D eigenvalue weighted by Crippen LogP contribution is -2.64. The maximum absolute atomic E-state index is 12.3. The number of hydrogen-bond donors (Lipinski definition) is 0. The molecule has 0 bridgehead atoms. The number of piperazine rings is 1. The molecule has 0 aromatic heterocycles. The molecule has 0 N–H and O–H groups in total. The molecule has 1 aliphatic carbocycles. The van der Waals surface area contributed by atoms with Crippen molar-refractivity contribution in [2.24, 2.45) is 5.92 Å². The summed E-state index contributed by atoms with van der Waals surface area (Å²) in [4.78, 5) is 19.6. The number of rotatable bonds is 5. The molecule has 0 radical (unpaired) electrons. The van der Waals surface area contributed by atoms with Crippen LogP contribution in [-0.4, -0.2) is 65.9 Å². The van der Waals surface area contributed by atoms with Gasteiger partial charge in [0.1, 0.15) is 0 Å². The number of carbonyl (C=O) groups excluding carboxylic acids is 1. The van der Waals surface area contributed by atoms with Crippen molar-refractivity contribution in [2.45, 2.75) is 24.9 Å². The first-order valence-electron chi connectivity index (χ1n) is 10.7. The average Bonchev–Trinajstić information content (AvgIpc) is 3.57. The molecule has 2 heterocycles. The SMILES string of the molecule is O=C(C1CC1)N1CCN(C2CN(C(c3ccccc3)c3ccccc3)C2)CC1. The fourth-order valence-electron chi connectivity index (χ4n) is 4.71. The lowest BCUT2D eigenvalue weighted by Gasteiger charge is -2.51. The van der Waals surface area contributed by atoms with Gasteiger partial charge in [-0.25, -0.2) is 0 Å². The smallest absolute Gasteiger partial charge is 0.225 e. The Morgan fingerprint density at radius 1 is 0.786 bits per heavy atom. The molecular formula is C24H29N3O. The van der Waals surface area contributed by atoms with E-state index in [-0.39, 0.29) is 0 Å². The van der Waals surface area contributed by atoms with Crippen molar-refractivity contribution < 1.29 is 4.79 Å². The maximum Gasteiger partial charge on any atom is 0.225 e. The van der Waals surface area contributed by atoms with E-state index in [4.69, 9.17) is 0 Å². The van der Waals surface area contributed by atoms with Crippen LogP contribution in [0.3, 0.4) is 0 Å². The Kier molecular flexibility index (Phi) is 4.91. The molecule has 2 aromatic carbocycles. The van der Waals surface area contributed by atoms with Gasteiger partial charge in [-0.05, 0) is 24.0 Å². The van der Waals surface area contributed by atoms with Gasteiger partial charge in [0.2, 0.25) is 5.91 Å². The minimum Gasteiger partial charge on any atom is -0.340 e. The van der Waals surface area contributed by atoms with Gasteiger partial charge in [0.05, 0.1) is 6.04 Å². The van der Waals surface area contributed by atoms with E-state index in [9.17, 15) is 4.79 Å². The van der Waals surface area contributed by atoms with Gasteiger partial charge >= 0.3 is 0 Å². The fourth-order valence-corrected chi connectivity index (χ4v) is 4.71. The summed E-state index contributed by atoms with van der Waals surface area (Å²) >= 11 is 0. The van der Waals surface area contributed by atoms with Crippen LogP contribution in [0.5, 0.6) is 0 Å². The molecule has 5 rings (SSSR count). The fraction of sp³-hybridized carbons (Fsp3) is 0.458. The summed E-state index contributed by atoms with van der Waals surface area (Å²) in [7, 11) is 0. The topological polar surface area (TPSA) is 26.8 Å². The van der Waals surface area contributed by atoms with Crippen LogP contribution in [0, 0.1) is 5.92 Å². The van der Waals surface area contributed by atoms with Crippen molar-refractivity contribution in [3.05, 3.63) is 71.8 Å². The molecule has 4 heteroatoms. The van der Waals surface area contributed by atoms with Gasteiger partial charge in [-0.1, -0.05) is 60.7 Å². The number of likely N-dealkylation sites (tertiary alicyclic amines) is 1. The Balaban J connectivity index is 1.22. The van der Waals surface area contributed by atoms with Gasteiger partial charge in [0.15, 0.2) is 0 Å². The van der Waals surface area contributed by atoms with Gasteiger partial charge in [-0.2, -0.15) is 0 Å². The predicted molar refractivity (Wildman–Crippen MR) is 111 cm³/mol. The Bertz CT molecular complexity index is 752. The van der Waals surface area contributed by atoms with Crippen LogP contribution in [0.1, 0.15) is 30.0 Å². The van der Waals surface area contributed by atoms with Gasteiger partial charge in [0.25, 0.3) is 0 Å². The zero-order valence-electron chi connectivity index (χ0n) is 16.4. The lowest BCUT2D eigenvalue weighted by atomic mass is 9.92. The number of benzene rings is 2. The normalized spacial score (nSPS) is 21.7. The summed E-state index contributed by atoms with van der Waals surface area (Å²) in [5.41, 5.74) is 2.74. The number of nitrogens with zero attached hydrogens (tertiary/aromatic N) is 3. The minimum absolute atomic E-state index is 0.330. The zero-order valence-corrected chi connectivity index (χ0v) is 16.4. The van der Waals surface area contributed by atoms with Crippen LogP contribution in [0.4, 0.5) is 0 Å². The summed E-state index contributed by atoms with van der Waals surface area (Å²) < 4.78 is 0. The third-order valence-corrected chi connectivity index (χ3v) is 6.56. The predicted octanol–water partition coefficient (Wildman–Crippen LogP) is 3.01. The molecule has 4 nitrogen and oxygen atoms in total. The Morgan fingerprint density at radius 2 is 1.32 bits per heavy atom. The van der Waals surface area contributed by atoms with Gasteiger partial charge in [0, 0.05) is 51.2 Å². The lowest BCUT2D eigenvalue weighted by molar-refractivity contribution is -0.135. The Hall–Kier alpha value is -2.17. The molecule has 2 aliphatic heterocycles. The second-order valence-electron chi connectivity index (χ2n) is 8.47. The van der Waals surface area contributed by atoms with Crippen LogP contribution in [0.2, 0.25) is 0 Å². The first-order chi connectivity index (χ1) is 13.8. The monoisotopic (exact) mass is 375 g/mol. The molecule has 2 aromatic rings. The van der Waals surface area contributed by atoms with Crippen molar-refractivity contribution >= 4 is 5.91 Å². The van der Waals surface area contributed by atoms with E-state index in [0.29, 0.717) is 23.9 Å². The van der Waals surface area contributed by atoms with E-state index in [1.54, 1.807) is 0 Å². The second kappa shape index (κ2) is 7.69. The summed E-state index contributed by atoms with van der Waals surface area (Å²) in [5, 5.41) is 0. The number of hydrogen-bond acceptors (Lipinski definition) is 3. The Morgan fingerprint density at radius 3 is 1.82 bits per heavy atom. The summed E-state index contributed by atoms with van der Waals surface area (Å²) in [6.45, 7) is 6.08. The van der Waals surface area contributed by atoms with E-state index in [1.807, 2.05) is 0 Å². The van der Waals surface area contributed by atoms with Crippen LogP contribution in [-0.2, 0) is 4.79 Å². The third-order valence-electron chi connectivity index (χ3n) is 6.56. The molecule has 1 saturated carbocycles. The standard InChI is InChI=1S/C24H29N3O/c28-24(21-11-12-21)26-15-13-25(14-16-26)22-17-27(18-22)23(19-7-3-1-4-8-19)20-9-5-2-6-10-20/h1-10,21-23H,11-18H2. The van der Waals surface area contributed by atoms with Gasteiger partial charge in [-0.15, -0.1) is 0 Å². The van der Waals surface area contributed by atoms with Crippen molar-refractivity contribution in [3.8, 4) is 0 Å². The number of amides is 1. The zero-order chi connectivity index (χ0) is 18.9. The largest absolute Gasteiger partial charge is 0.340 e. The van der Waals surface area contributed by atoms with E-state index >= 15 is 0 Å². The highest BCUT2D eigenvalue weighted by Gasteiger charge is 2.40. The molecule has 0 spiro atoms. The van der Waals surface area contributed by atoms with Crippen LogP contribution in [0.15, 0.2) is 60.7 Å². The number of carbonyl (C=O) groups is 1. The highest BCUT2D eigenvalue weighted by atomic mass is 16.2. The first-order valence-corrected chi connectivity index (χ1v) is 10.7. The minimum atomic E-state index is 0.330. The van der Waals surface area contributed by atoms with Crippen molar-refractivity contribution in [2.75, 3.05) is 39.3 Å². The molecule has 0 atom stereocenters. The maximum atomic E-state index is 12.3. The molecule has 1 amide bonds. The summed E-state index contributed by atoms with van der Waals surface area (Å²) in [6.07, 6.45) is 2.22. The van der Waals surface area contributed by atoms with E-state index in [2.05, 4.69) is 75.4 Å². The molecule has 3 aliphatic rings. The van der Waals surface area contributed by atoms with Crippen molar-refractivity contribution in [1.82, 2.24) is 14.7 Å². The third kappa shape index (κ3) is 3.59. The van der Waals surface area contributed by atoms with Crippen LogP contribution in [0.25, 0.3) is 0 Å². The van der Waals surface area contributed by atoms with Crippen molar-refractivity contribution in [3.63, 3.8) is 0 Å². The molecule has 0 unspecified atom stereocenters. The summed E-state index contributed by atoms with van der Waals surface area (Å²) in [6, 6.07) is 22.7. The summed E-state index contributed by atoms with van der Waals surface area (Å²) in [5.74, 6) is 0.756. The quantitative estimate of drug-likeness (QED) is 0.804. The van der Waals surface area contributed by atoms with Gasteiger partial charge < -0.3 is 4.90 Å². The van der Waals surface area contributed by atoms with Gasteiger partial charge in [-0.3, -0.25) is 14.6 Å². The van der Waals surface area contributed by atoms with Crippen LogP contribution < -0.4 is 0 Å². The van der Waals surface area contributed by atoms with Crippen LogP contribution >= 0.6 is 0 Å². The highest BCUT2D eigenvalue weighted by molar-refractivity contribution is 5.81. The molecule has 146 valence electrons. The second-order valence-corrected chi connectivity index (χ2v) is 8.47. The van der Waals surface area contributed by atoms with E-state index < -0.39 is 0 Å². The first kappa shape index (κ1) is 17.9. The molecule has 3 fully saturated rings. The molecular weight excluding hydrogens is 346 g/mol.